The summed E-state index contributed by atoms with van der Waals surface area (Å²) in [5.41, 5.74) is 2.23. The Bertz CT molecular complexity index is 782. The van der Waals surface area contributed by atoms with Crippen LogP contribution in [0.1, 0.15) is 6.42 Å². The lowest BCUT2D eigenvalue weighted by Gasteiger charge is -2.23. The van der Waals surface area contributed by atoms with E-state index in [9.17, 15) is 0 Å². The molecular formula is C18H21N5. The maximum atomic E-state index is 4.48. The highest BCUT2D eigenvalue weighted by Crippen LogP contribution is 2.26. The van der Waals surface area contributed by atoms with E-state index in [0.29, 0.717) is 5.92 Å². The number of anilines is 2. The number of fused-ring (bicyclic) bond motifs is 1. The Morgan fingerprint density at radius 3 is 2.96 bits per heavy atom. The summed E-state index contributed by atoms with van der Waals surface area (Å²) in [5, 5.41) is 1.09. The Morgan fingerprint density at radius 2 is 2.09 bits per heavy atom. The molecule has 0 amide bonds. The van der Waals surface area contributed by atoms with Crippen molar-refractivity contribution >= 4 is 22.5 Å². The zero-order valence-electron chi connectivity index (χ0n) is 13.3. The monoisotopic (exact) mass is 307 g/mol. The van der Waals surface area contributed by atoms with E-state index in [-0.39, 0.29) is 0 Å². The Labute approximate surface area is 136 Å². The van der Waals surface area contributed by atoms with Crippen molar-refractivity contribution in [2.75, 3.05) is 36.5 Å². The van der Waals surface area contributed by atoms with Gasteiger partial charge in [0.25, 0.3) is 0 Å². The molecule has 1 fully saturated rings. The number of para-hydroxylation sites is 1. The summed E-state index contributed by atoms with van der Waals surface area (Å²) in [4.78, 5) is 16.6. The fraction of sp³-hybridized carbons (Fsp3) is 0.333. The van der Waals surface area contributed by atoms with Gasteiger partial charge in [-0.05, 0) is 30.5 Å². The Kier molecular flexibility index (Phi) is 3.61. The van der Waals surface area contributed by atoms with Crippen LogP contribution in [-0.2, 0) is 0 Å². The van der Waals surface area contributed by atoms with Crippen LogP contribution < -0.4 is 9.80 Å². The van der Waals surface area contributed by atoms with E-state index in [1.54, 1.807) is 6.33 Å². The highest BCUT2D eigenvalue weighted by molar-refractivity contribution is 5.87. The number of H-pyrrole nitrogens is 1. The lowest BCUT2D eigenvalue weighted by Crippen LogP contribution is -2.28. The van der Waals surface area contributed by atoms with Crippen molar-refractivity contribution < 1.29 is 0 Å². The molecule has 3 heterocycles. The van der Waals surface area contributed by atoms with E-state index < -0.39 is 0 Å². The minimum atomic E-state index is 0.657. The van der Waals surface area contributed by atoms with Crippen LogP contribution in [-0.4, -0.2) is 41.6 Å². The summed E-state index contributed by atoms with van der Waals surface area (Å²) >= 11 is 0. The number of aromatic amines is 1. The molecule has 1 aliphatic rings. The zero-order chi connectivity index (χ0) is 15.6. The van der Waals surface area contributed by atoms with Crippen molar-refractivity contribution in [1.29, 1.82) is 0 Å². The molecular weight excluding hydrogens is 286 g/mol. The Balaban J connectivity index is 1.46. The number of benzene rings is 1. The first-order valence-corrected chi connectivity index (χ1v) is 8.10. The lowest BCUT2D eigenvalue weighted by molar-refractivity contribution is 0.582. The van der Waals surface area contributed by atoms with Gasteiger partial charge in [0.1, 0.15) is 17.8 Å². The van der Waals surface area contributed by atoms with Gasteiger partial charge in [-0.2, -0.15) is 0 Å². The quantitative estimate of drug-likeness (QED) is 0.805. The van der Waals surface area contributed by atoms with Crippen LogP contribution in [0.25, 0.3) is 11.0 Å². The SMILES string of the molecule is CN(C[C@@H]1CCN(c2ccccc2)C1)c1ncnc2[nH]ccc12. The van der Waals surface area contributed by atoms with E-state index in [2.05, 4.69) is 62.1 Å². The van der Waals surface area contributed by atoms with Crippen LogP contribution >= 0.6 is 0 Å². The van der Waals surface area contributed by atoms with Crippen molar-refractivity contribution in [3.05, 3.63) is 48.9 Å². The standard InChI is InChI=1S/C18H21N5/c1-22(18-16-7-9-19-17(16)20-13-21-18)11-14-8-10-23(12-14)15-5-3-2-4-6-15/h2-7,9,13-14H,8,10-12H2,1H3,(H,19,20,21)/t14-/m0/s1. The van der Waals surface area contributed by atoms with Crippen LogP contribution in [0.2, 0.25) is 0 Å². The third-order valence-corrected chi connectivity index (χ3v) is 4.63. The van der Waals surface area contributed by atoms with Crippen LogP contribution in [0.15, 0.2) is 48.9 Å². The predicted molar refractivity (Wildman–Crippen MR) is 93.9 cm³/mol. The minimum Gasteiger partial charge on any atom is -0.371 e. The van der Waals surface area contributed by atoms with Gasteiger partial charge in [-0.1, -0.05) is 18.2 Å². The number of hydrogen-bond acceptors (Lipinski definition) is 4. The number of hydrogen-bond donors (Lipinski definition) is 1. The Morgan fingerprint density at radius 1 is 1.22 bits per heavy atom. The van der Waals surface area contributed by atoms with Crippen molar-refractivity contribution in [3.63, 3.8) is 0 Å². The van der Waals surface area contributed by atoms with Crippen molar-refractivity contribution in [2.24, 2.45) is 5.92 Å². The van der Waals surface area contributed by atoms with Crippen LogP contribution in [0.4, 0.5) is 11.5 Å². The summed E-state index contributed by atoms with van der Waals surface area (Å²) in [7, 11) is 2.12. The third kappa shape index (κ3) is 2.74. The molecule has 2 aromatic heterocycles. The first kappa shape index (κ1) is 14.1. The summed E-state index contributed by atoms with van der Waals surface area (Å²) in [6, 6.07) is 12.7. The van der Waals surface area contributed by atoms with Crippen molar-refractivity contribution in [2.45, 2.75) is 6.42 Å². The molecule has 0 bridgehead atoms. The second-order valence-electron chi connectivity index (χ2n) is 6.25. The third-order valence-electron chi connectivity index (χ3n) is 4.63. The second kappa shape index (κ2) is 5.91. The molecule has 118 valence electrons. The summed E-state index contributed by atoms with van der Waals surface area (Å²) in [5.74, 6) is 1.67. The van der Waals surface area contributed by atoms with Gasteiger partial charge in [0, 0.05) is 38.6 Å². The van der Waals surface area contributed by atoms with Gasteiger partial charge in [0.2, 0.25) is 0 Å². The molecule has 1 aromatic carbocycles. The maximum absolute atomic E-state index is 4.48. The molecule has 1 aliphatic heterocycles. The molecule has 0 unspecified atom stereocenters. The van der Waals surface area contributed by atoms with Crippen LogP contribution in [0.3, 0.4) is 0 Å². The van der Waals surface area contributed by atoms with Gasteiger partial charge in [-0.25, -0.2) is 9.97 Å². The molecule has 1 atom stereocenters. The first-order valence-electron chi connectivity index (χ1n) is 8.10. The number of nitrogens with one attached hydrogen (secondary N) is 1. The highest BCUT2D eigenvalue weighted by atomic mass is 15.2. The molecule has 0 saturated carbocycles. The van der Waals surface area contributed by atoms with E-state index in [1.165, 1.54) is 12.1 Å². The lowest BCUT2D eigenvalue weighted by atomic mass is 10.1. The molecule has 0 radical (unpaired) electrons. The van der Waals surface area contributed by atoms with Gasteiger partial charge >= 0.3 is 0 Å². The average Bonchev–Trinajstić information content (AvgIpc) is 3.24. The number of aromatic nitrogens is 3. The fourth-order valence-electron chi connectivity index (χ4n) is 3.49. The van der Waals surface area contributed by atoms with Gasteiger partial charge in [-0.15, -0.1) is 0 Å². The highest BCUT2D eigenvalue weighted by Gasteiger charge is 2.24. The van der Waals surface area contributed by atoms with E-state index in [4.69, 9.17) is 0 Å². The second-order valence-corrected chi connectivity index (χ2v) is 6.25. The minimum absolute atomic E-state index is 0.657. The van der Waals surface area contributed by atoms with Crippen LogP contribution in [0.5, 0.6) is 0 Å². The summed E-state index contributed by atoms with van der Waals surface area (Å²) in [6.45, 7) is 3.25. The molecule has 0 spiro atoms. The Hall–Kier alpha value is -2.56. The van der Waals surface area contributed by atoms with E-state index in [1.807, 2.05) is 12.3 Å². The molecule has 23 heavy (non-hydrogen) atoms. The normalized spacial score (nSPS) is 17.8. The smallest absolute Gasteiger partial charge is 0.142 e. The van der Waals surface area contributed by atoms with E-state index >= 15 is 0 Å². The van der Waals surface area contributed by atoms with Gasteiger partial charge < -0.3 is 14.8 Å². The molecule has 1 saturated heterocycles. The summed E-state index contributed by atoms with van der Waals surface area (Å²) < 4.78 is 0. The van der Waals surface area contributed by atoms with Gasteiger partial charge in [0.05, 0.1) is 5.39 Å². The molecule has 5 nitrogen and oxygen atoms in total. The van der Waals surface area contributed by atoms with Crippen molar-refractivity contribution in [3.8, 4) is 0 Å². The molecule has 1 N–H and O–H groups in total. The molecule has 4 rings (SSSR count). The van der Waals surface area contributed by atoms with Gasteiger partial charge in [-0.3, -0.25) is 0 Å². The number of nitrogens with zero attached hydrogens (tertiary/aromatic N) is 4. The van der Waals surface area contributed by atoms with Crippen LogP contribution in [0, 0.1) is 5.92 Å². The van der Waals surface area contributed by atoms with Crippen molar-refractivity contribution in [1.82, 2.24) is 15.0 Å². The predicted octanol–water partition coefficient (Wildman–Crippen LogP) is 2.92. The average molecular weight is 307 g/mol. The zero-order valence-corrected chi connectivity index (χ0v) is 13.3. The largest absolute Gasteiger partial charge is 0.371 e. The number of rotatable bonds is 4. The van der Waals surface area contributed by atoms with E-state index in [0.717, 1.165) is 36.5 Å². The maximum Gasteiger partial charge on any atom is 0.142 e. The molecule has 0 aliphatic carbocycles. The molecule has 5 heteroatoms. The van der Waals surface area contributed by atoms with Gasteiger partial charge in [0.15, 0.2) is 0 Å². The summed E-state index contributed by atoms with van der Waals surface area (Å²) in [6.07, 6.45) is 4.78. The topological polar surface area (TPSA) is 48.1 Å². The molecule has 3 aromatic rings. The first-order chi connectivity index (χ1) is 11.3. The fourth-order valence-corrected chi connectivity index (χ4v) is 3.49.